The molecule has 7 nitrogen and oxygen atoms in total. The third-order valence-electron chi connectivity index (χ3n) is 5.31. The first-order chi connectivity index (χ1) is 15.6. The third-order valence-corrected chi connectivity index (χ3v) is 5.88. The van der Waals surface area contributed by atoms with Gasteiger partial charge in [-0.2, -0.15) is 9.97 Å². The molecule has 174 valence electrons. The molecule has 0 unspecified atom stereocenters. The van der Waals surface area contributed by atoms with E-state index in [-0.39, 0.29) is 12.1 Å². The number of anilines is 1. The number of piperazine rings is 1. The number of methoxy groups -OCH3 is 1. The lowest BCUT2D eigenvalue weighted by atomic mass is 10.0. The van der Waals surface area contributed by atoms with Crippen molar-refractivity contribution in [1.82, 2.24) is 14.9 Å². The van der Waals surface area contributed by atoms with Crippen molar-refractivity contribution in [3.63, 3.8) is 0 Å². The number of ether oxygens (including phenoxy) is 2. The highest BCUT2D eigenvalue weighted by atomic mass is 35.5. The molecule has 0 N–H and O–H groups in total. The van der Waals surface area contributed by atoms with Gasteiger partial charge in [0.25, 0.3) is 0 Å². The van der Waals surface area contributed by atoms with Crippen molar-refractivity contribution in [2.75, 3.05) is 38.2 Å². The van der Waals surface area contributed by atoms with Crippen molar-refractivity contribution < 1.29 is 14.3 Å². The van der Waals surface area contributed by atoms with E-state index < -0.39 is 5.60 Å². The Labute approximate surface area is 203 Å². The summed E-state index contributed by atoms with van der Waals surface area (Å²) < 4.78 is 10.9. The quantitative estimate of drug-likeness (QED) is 0.473. The molecule has 4 rings (SSSR count). The standard InChI is InChI=1S/C24H26Cl2N4O3/c1-24(2,3)33-23(31)30-11-9-29(10-12-30)21-18-13-17(15-5-7-16(25)8-6-15)19(26)14-20(18)27-22(28-21)32-4/h5-8,13-14H,9-12H2,1-4H3. The van der Waals surface area contributed by atoms with Crippen molar-refractivity contribution in [3.8, 4) is 17.1 Å². The van der Waals surface area contributed by atoms with Crippen molar-refractivity contribution in [2.45, 2.75) is 26.4 Å². The second-order valence-electron chi connectivity index (χ2n) is 8.84. The average molecular weight is 489 g/mol. The Morgan fingerprint density at radius 2 is 1.67 bits per heavy atom. The fraction of sp³-hybridized carbons (Fsp3) is 0.375. The van der Waals surface area contributed by atoms with Crippen LogP contribution in [0.15, 0.2) is 36.4 Å². The van der Waals surface area contributed by atoms with Crippen LogP contribution in [0.2, 0.25) is 10.0 Å². The molecule has 0 atom stereocenters. The fourth-order valence-electron chi connectivity index (χ4n) is 3.72. The monoisotopic (exact) mass is 488 g/mol. The van der Waals surface area contributed by atoms with E-state index in [1.165, 1.54) is 7.11 Å². The number of aromatic nitrogens is 2. The predicted octanol–water partition coefficient (Wildman–Crippen LogP) is 5.67. The Balaban J connectivity index is 1.67. The Kier molecular flexibility index (Phi) is 6.54. The minimum atomic E-state index is -0.526. The lowest BCUT2D eigenvalue weighted by Crippen LogP contribution is -2.50. The number of hydrogen-bond acceptors (Lipinski definition) is 6. The van der Waals surface area contributed by atoms with Crippen LogP contribution in [-0.2, 0) is 4.74 Å². The zero-order valence-electron chi connectivity index (χ0n) is 19.1. The summed E-state index contributed by atoms with van der Waals surface area (Å²) in [7, 11) is 1.54. The van der Waals surface area contributed by atoms with E-state index in [0.717, 1.165) is 22.3 Å². The van der Waals surface area contributed by atoms with Gasteiger partial charge in [0, 0.05) is 42.2 Å². The summed E-state index contributed by atoms with van der Waals surface area (Å²) >= 11 is 12.7. The predicted molar refractivity (Wildman–Crippen MR) is 132 cm³/mol. The molecule has 0 saturated carbocycles. The molecule has 2 aromatic carbocycles. The summed E-state index contributed by atoms with van der Waals surface area (Å²) in [6, 6.07) is 11.6. The number of nitrogens with zero attached hydrogens (tertiary/aromatic N) is 4. The van der Waals surface area contributed by atoms with E-state index in [2.05, 4.69) is 14.9 Å². The van der Waals surface area contributed by atoms with E-state index in [4.69, 9.17) is 32.7 Å². The summed E-state index contributed by atoms with van der Waals surface area (Å²) in [5, 5.41) is 2.09. The summed E-state index contributed by atoms with van der Waals surface area (Å²) in [6.07, 6.45) is -0.302. The molecule has 0 aliphatic carbocycles. The minimum absolute atomic E-state index is 0.266. The van der Waals surface area contributed by atoms with Crippen molar-refractivity contribution in [2.24, 2.45) is 0 Å². The number of fused-ring (bicyclic) bond motifs is 1. The van der Waals surface area contributed by atoms with Crippen molar-refractivity contribution in [3.05, 3.63) is 46.4 Å². The number of benzene rings is 2. The highest BCUT2D eigenvalue weighted by Gasteiger charge is 2.27. The Bertz CT molecular complexity index is 1170. The molecule has 1 aromatic heterocycles. The van der Waals surface area contributed by atoms with Crippen LogP contribution in [0.3, 0.4) is 0 Å². The topological polar surface area (TPSA) is 67.8 Å². The van der Waals surface area contributed by atoms with Crippen molar-refractivity contribution in [1.29, 1.82) is 0 Å². The van der Waals surface area contributed by atoms with Crippen LogP contribution in [0.25, 0.3) is 22.0 Å². The molecule has 2 heterocycles. The zero-order chi connectivity index (χ0) is 23.8. The largest absolute Gasteiger partial charge is 0.467 e. The highest BCUT2D eigenvalue weighted by Crippen LogP contribution is 2.36. The van der Waals surface area contributed by atoms with E-state index in [1.807, 2.05) is 57.2 Å². The molecule has 0 radical (unpaired) electrons. The van der Waals surface area contributed by atoms with Crippen LogP contribution in [0, 0.1) is 0 Å². The zero-order valence-corrected chi connectivity index (χ0v) is 20.6. The molecule has 9 heteroatoms. The van der Waals surface area contributed by atoms with Gasteiger partial charge in [0.05, 0.1) is 17.6 Å². The number of halogens is 2. The lowest BCUT2D eigenvalue weighted by Gasteiger charge is -2.36. The van der Waals surface area contributed by atoms with Gasteiger partial charge < -0.3 is 19.3 Å². The summed E-state index contributed by atoms with van der Waals surface area (Å²) in [5.41, 5.74) is 1.97. The highest BCUT2D eigenvalue weighted by molar-refractivity contribution is 6.34. The van der Waals surface area contributed by atoms with Gasteiger partial charge in [0.1, 0.15) is 11.4 Å². The molecular formula is C24H26Cl2N4O3. The molecule has 0 bridgehead atoms. The summed E-state index contributed by atoms with van der Waals surface area (Å²) in [6.45, 7) is 7.86. The first-order valence-electron chi connectivity index (χ1n) is 10.7. The average Bonchev–Trinajstić information content (AvgIpc) is 2.77. The number of carbonyl (C=O) groups is 1. The lowest BCUT2D eigenvalue weighted by molar-refractivity contribution is 0.0240. The van der Waals surface area contributed by atoms with E-state index in [1.54, 1.807) is 4.90 Å². The van der Waals surface area contributed by atoms with Crippen LogP contribution in [0.1, 0.15) is 20.8 Å². The normalized spacial score (nSPS) is 14.5. The number of hydrogen-bond donors (Lipinski definition) is 0. The third kappa shape index (κ3) is 5.25. The van der Waals surface area contributed by atoms with Crippen LogP contribution in [-0.4, -0.2) is 59.9 Å². The molecule has 1 saturated heterocycles. The number of rotatable bonds is 3. The second-order valence-corrected chi connectivity index (χ2v) is 9.69. The van der Waals surface area contributed by atoms with Gasteiger partial charge in [-0.25, -0.2) is 4.79 Å². The molecular weight excluding hydrogens is 463 g/mol. The molecule has 1 fully saturated rings. The minimum Gasteiger partial charge on any atom is -0.467 e. The van der Waals surface area contributed by atoms with E-state index in [0.29, 0.717) is 41.7 Å². The van der Waals surface area contributed by atoms with Gasteiger partial charge in [-0.3, -0.25) is 0 Å². The molecule has 3 aromatic rings. The van der Waals surface area contributed by atoms with Gasteiger partial charge in [-0.05, 0) is 50.6 Å². The first kappa shape index (κ1) is 23.4. The van der Waals surface area contributed by atoms with Gasteiger partial charge in [0.15, 0.2) is 0 Å². The van der Waals surface area contributed by atoms with Crippen molar-refractivity contribution >= 4 is 46.0 Å². The maximum atomic E-state index is 12.4. The first-order valence-corrected chi connectivity index (χ1v) is 11.4. The fourth-order valence-corrected chi connectivity index (χ4v) is 4.12. The number of amides is 1. The van der Waals surface area contributed by atoms with Crippen LogP contribution in [0.5, 0.6) is 6.01 Å². The Morgan fingerprint density at radius 1 is 1.00 bits per heavy atom. The summed E-state index contributed by atoms with van der Waals surface area (Å²) in [4.78, 5) is 25.4. The Morgan fingerprint density at radius 3 is 2.27 bits per heavy atom. The van der Waals surface area contributed by atoms with E-state index in [9.17, 15) is 4.79 Å². The van der Waals surface area contributed by atoms with Crippen LogP contribution < -0.4 is 9.64 Å². The van der Waals surface area contributed by atoms with Gasteiger partial charge in [-0.1, -0.05) is 35.3 Å². The maximum absolute atomic E-state index is 12.4. The smallest absolute Gasteiger partial charge is 0.410 e. The SMILES string of the molecule is COc1nc(N2CCN(C(=O)OC(C)(C)C)CC2)c2cc(-c3ccc(Cl)cc3)c(Cl)cc2n1. The van der Waals surface area contributed by atoms with Crippen LogP contribution >= 0.6 is 23.2 Å². The molecule has 1 aliphatic rings. The number of carbonyl (C=O) groups excluding carboxylic acids is 1. The van der Waals surface area contributed by atoms with Gasteiger partial charge >= 0.3 is 12.1 Å². The van der Waals surface area contributed by atoms with Crippen LogP contribution in [0.4, 0.5) is 10.6 Å². The Hall–Kier alpha value is -2.77. The molecule has 1 aliphatic heterocycles. The molecule has 0 spiro atoms. The van der Waals surface area contributed by atoms with Gasteiger partial charge in [-0.15, -0.1) is 0 Å². The van der Waals surface area contributed by atoms with Gasteiger partial charge in [0.2, 0.25) is 0 Å². The maximum Gasteiger partial charge on any atom is 0.410 e. The molecule has 33 heavy (non-hydrogen) atoms. The second kappa shape index (κ2) is 9.23. The van der Waals surface area contributed by atoms with E-state index >= 15 is 0 Å². The molecule has 1 amide bonds. The summed E-state index contributed by atoms with van der Waals surface area (Å²) in [5.74, 6) is 0.743.